The van der Waals surface area contributed by atoms with Crippen LogP contribution in [-0.4, -0.2) is 12.5 Å². The molecule has 0 aromatic heterocycles. The second kappa shape index (κ2) is 7.80. The number of amides is 1. The first-order chi connectivity index (χ1) is 10.5. The summed E-state index contributed by atoms with van der Waals surface area (Å²) >= 11 is 0. The molecule has 0 unspecified atom stereocenters. The molecule has 0 aliphatic heterocycles. The molecule has 0 heterocycles. The normalized spacial score (nSPS) is 25.2. The Kier molecular flexibility index (Phi) is 6.05. The van der Waals surface area contributed by atoms with Crippen molar-refractivity contribution in [2.75, 3.05) is 6.54 Å². The molecule has 1 fully saturated rings. The van der Waals surface area contributed by atoms with Crippen LogP contribution in [0.2, 0.25) is 0 Å². The van der Waals surface area contributed by atoms with Gasteiger partial charge in [-0.2, -0.15) is 0 Å². The highest BCUT2D eigenvalue weighted by molar-refractivity contribution is 5.79. The molecular weight excluding hydrogens is 270 g/mol. The molecule has 1 aliphatic carbocycles. The molecule has 0 spiro atoms. The fourth-order valence-electron chi connectivity index (χ4n) is 3.83. The maximum Gasteiger partial charge on any atom is 0.223 e. The van der Waals surface area contributed by atoms with Gasteiger partial charge in [0.15, 0.2) is 0 Å². The second-order valence-electron chi connectivity index (χ2n) is 7.46. The molecule has 2 nitrogen and oxygen atoms in total. The quantitative estimate of drug-likeness (QED) is 0.860. The monoisotopic (exact) mass is 301 g/mol. The zero-order chi connectivity index (χ0) is 16.1. The lowest BCUT2D eigenvalue weighted by Gasteiger charge is -2.36. The number of aryl methyl sites for hydroxylation is 1. The summed E-state index contributed by atoms with van der Waals surface area (Å²) in [5.41, 5.74) is 2.59. The van der Waals surface area contributed by atoms with Gasteiger partial charge in [-0.25, -0.2) is 0 Å². The number of hydrogen-bond donors (Lipinski definition) is 1. The molecule has 122 valence electrons. The number of carbonyl (C=O) groups excluding carboxylic acids is 1. The summed E-state index contributed by atoms with van der Waals surface area (Å²) in [7, 11) is 0. The zero-order valence-electron chi connectivity index (χ0n) is 14.6. The first-order valence-corrected chi connectivity index (χ1v) is 8.80. The van der Waals surface area contributed by atoms with Crippen LogP contribution in [0.15, 0.2) is 24.3 Å². The first kappa shape index (κ1) is 17.1. The Labute approximate surface area is 135 Å². The summed E-state index contributed by atoms with van der Waals surface area (Å²) < 4.78 is 0. The predicted molar refractivity (Wildman–Crippen MR) is 92.7 cm³/mol. The minimum absolute atomic E-state index is 0.209. The molecule has 1 N–H and O–H groups in total. The van der Waals surface area contributed by atoms with E-state index >= 15 is 0 Å². The van der Waals surface area contributed by atoms with Crippen molar-refractivity contribution in [3.8, 4) is 0 Å². The molecule has 1 saturated carbocycles. The van der Waals surface area contributed by atoms with Crippen LogP contribution in [0, 0.1) is 30.6 Å². The predicted octanol–water partition coefficient (Wildman–Crippen LogP) is 4.36. The van der Waals surface area contributed by atoms with E-state index in [0.29, 0.717) is 17.8 Å². The Morgan fingerprint density at radius 3 is 2.77 bits per heavy atom. The van der Waals surface area contributed by atoms with E-state index in [4.69, 9.17) is 0 Å². The van der Waals surface area contributed by atoms with Gasteiger partial charge in [0.1, 0.15) is 0 Å². The zero-order valence-corrected chi connectivity index (χ0v) is 14.6. The summed E-state index contributed by atoms with van der Waals surface area (Å²) in [6.45, 7) is 9.65. The van der Waals surface area contributed by atoms with E-state index in [-0.39, 0.29) is 11.8 Å². The second-order valence-corrected chi connectivity index (χ2v) is 7.46. The Morgan fingerprint density at radius 2 is 2.09 bits per heavy atom. The van der Waals surface area contributed by atoms with Gasteiger partial charge in [-0.15, -0.1) is 0 Å². The van der Waals surface area contributed by atoms with Gasteiger partial charge in [0.25, 0.3) is 0 Å². The van der Waals surface area contributed by atoms with Crippen molar-refractivity contribution in [1.29, 1.82) is 0 Å². The highest BCUT2D eigenvalue weighted by Crippen LogP contribution is 2.38. The van der Waals surface area contributed by atoms with Crippen LogP contribution < -0.4 is 5.32 Å². The minimum atomic E-state index is 0.209. The number of rotatable bonds is 5. The Balaban J connectivity index is 1.87. The van der Waals surface area contributed by atoms with Gasteiger partial charge >= 0.3 is 0 Å². The molecule has 1 aromatic rings. The average Bonchev–Trinajstić information content (AvgIpc) is 2.46. The van der Waals surface area contributed by atoms with Crippen molar-refractivity contribution >= 4 is 5.91 Å². The van der Waals surface area contributed by atoms with Crippen molar-refractivity contribution in [3.63, 3.8) is 0 Å². The molecule has 2 heteroatoms. The molecule has 2 rings (SSSR count). The lowest BCUT2D eigenvalue weighted by Crippen LogP contribution is -2.40. The number of carbonyl (C=O) groups is 1. The van der Waals surface area contributed by atoms with E-state index in [1.54, 1.807) is 0 Å². The Bertz CT molecular complexity index is 494. The van der Waals surface area contributed by atoms with Crippen molar-refractivity contribution in [1.82, 2.24) is 5.32 Å². The molecular formula is C20H31NO. The van der Waals surface area contributed by atoms with Crippen molar-refractivity contribution < 1.29 is 4.79 Å². The molecule has 0 saturated heterocycles. The van der Waals surface area contributed by atoms with Crippen LogP contribution in [0.4, 0.5) is 0 Å². The van der Waals surface area contributed by atoms with Crippen LogP contribution in [0.5, 0.6) is 0 Å². The van der Waals surface area contributed by atoms with Crippen molar-refractivity contribution in [2.24, 2.45) is 23.7 Å². The highest BCUT2D eigenvalue weighted by Gasteiger charge is 2.35. The summed E-state index contributed by atoms with van der Waals surface area (Å²) in [6, 6.07) is 8.54. The van der Waals surface area contributed by atoms with E-state index in [1.165, 1.54) is 24.0 Å². The van der Waals surface area contributed by atoms with Gasteiger partial charge in [-0.3, -0.25) is 4.79 Å². The molecule has 1 amide bonds. The molecule has 1 aromatic carbocycles. The maximum absolute atomic E-state index is 12.6. The van der Waals surface area contributed by atoms with Crippen LogP contribution in [0.3, 0.4) is 0 Å². The minimum Gasteiger partial charge on any atom is -0.356 e. The smallest absolute Gasteiger partial charge is 0.223 e. The summed E-state index contributed by atoms with van der Waals surface area (Å²) in [4.78, 5) is 12.6. The van der Waals surface area contributed by atoms with Gasteiger partial charge in [0.2, 0.25) is 5.91 Å². The van der Waals surface area contributed by atoms with Crippen LogP contribution in [0.25, 0.3) is 0 Å². The number of nitrogens with one attached hydrogen (secondary N) is 1. The SMILES string of the molecule is Cc1cccc(CCNC(=O)[C@@H]2C[C@H](C)CC[C@H]2C(C)C)c1. The fraction of sp³-hybridized carbons (Fsp3) is 0.650. The van der Waals surface area contributed by atoms with Crippen molar-refractivity contribution in [3.05, 3.63) is 35.4 Å². The largest absolute Gasteiger partial charge is 0.356 e. The number of hydrogen-bond acceptors (Lipinski definition) is 1. The van der Waals surface area contributed by atoms with Gasteiger partial charge in [0, 0.05) is 12.5 Å². The standard InChI is InChI=1S/C20H31NO/c1-14(2)18-9-8-16(4)13-19(18)20(22)21-11-10-17-7-5-6-15(3)12-17/h5-7,12,14,16,18-19H,8-11,13H2,1-4H3,(H,21,22)/t16-,18+,19-/m1/s1. The van der Waals surface area contributed by atoms with E-state index in [1.807, 2.05) is 0 Å². The topological polar surface area (TPSA) is 29.1 Å². The van der Waals surface area contributed by atoms with Gasteiger partial charge in [0.05, 0.1) is 0 Å². The lowest BCUT2D eigenvalue weighted by atomic mass is 9.70. The van der Waals surface area contributed by atoms with Crippen LogP contribution >= 0.6 is 0 Å². The molecule has 0 radical (unpaired) electrons. The van der Waals surface area contributed by atoms with Gasteiger partial charge in [-0.1, -0.05) is 57.0 Å². The third kappa shape index (κ3) is 4.59. The first-order valence-electron chi connectivity index (χ1n) is 8.80. The summed E-state index contributed by atoms with van der Waals surface area (Å²) in [5, 5.41) is 3.19. The maximum atomic E-state index is 12.6. The third-order valence-corrected chi connectivity index (χ3v) is 5.15. The molecule has 1 aliphatic rings. The van der Waals surface area contributed by atoms with Gasteiger partial charge in [-0.05, 0) is 49.5 Å². The molecule has 22 heavy (non-hydrogen) atoms. The fourth-order valence-corrected chi connectivity index (χ4v) is 3.83. The summed E-state index contributed by atoms with van der Waals surface area (Å²) in [6.07, 6.45) is 4.45. The van der Waals surface area contributed by atoms with Crippen LogP contribution in [-0.2, 0) is 11.2 Å². The Hall–Kier alpha value is -1.31. The average molecular weight is 301 g/mol. The third-order valence-electron chi connectivity index (χ3n) is 5.15. The van der Waals surface area contributed by atoms with E-state index in [2.05, 4.69) is 57.3 Å². The summed E-state index contributed by atoms with van der Waals surface area (Å²) in [5.74, 6) is 2.32. The Morgan fingerprint density at radius 1 is 1.32 bits per heavy atom. The van der Waals surface area contributed by atoms with E-state index < -0.39 is 0 Å². The number of benzene rings is 1. The lowest BCUT2D eigenvalue weighted by molar-refractivity contribution is -0.129. The molecule has 0 bridgehead atoms. The van der Waals surface area contributed by atoms with Crippen LogP contribution in [0.1, 0.15) is 51.2 Å². The van der Waals surface area contributed by atoms with E-state index in [9.17, 15) is 4.79 Å². The van der Waals surface area contributed by atoms with E-state index in [0.717, 1.165) is 19.4 Å². The highest BCUT2D eigenvalue weighted by atomic mass is 16.1. The van der Waals surface area contributed by atoms with Crippen molar-refractivity contribution in [2.45, 2.75) is 53.4 Å². The molecule has 3 atom stereocenters. The van der Waals surface area contributed by atoms with Gasteiger partial charge < -0.3 is 5.32 Å².